The second-order valence-corrected chi connectivity index (χ2v) is 16.8. The SMILES string of the molecule is CC(=O)O[C@H]1C(=O)[C@H]2C[C@@H]3O[C@@H]3[C@H](OC(C)=O)[C@]2(C)[C@H]2[C@H](C)[C@H](OC(C)=O)[C@]3(C)[C@@H]4[C@@H]([C@H](O)[C@H]3[C@@H]21)[C@]1(C)C(=C[C@H]4C)OC(=O)[C@@]1(C)OC(C)=O. The third-order valence-electron chi connectivity index (χ3n) is 14.5. The van der Waals surface area contributed by atoms with Crippen LogP contribution >= 0.6 is 0 Å². The molecule has 0 unspecified atom stereocenters. The van der Waals surface area contributed by atoms with E-state index in [1.165, 1.54) is 34.6 Å². The van der Waals surface area contributed by atoms with Gasteiger partial charge in [0, 0.05) is 62.2 Å². The molecular formula is C37H48O13. The summed E-state index contributed by atoms with van der Waals surface area (Å²) in [6, 6.07) is 0. The van der Waals surface area contributed by atoms with Crippen LogP contribution in [-0.4, -0.2) is 83.0 Å². The van der Waals surface area contributed by atoms with Crippen LogP contribution in [0.1, 0.15) is 75.7 Å². The molecule has 274 valence electrons. The second-order valence-electron chi connectivity index (χ2n) is 16.8. The molecule has 4 saturated carbocycles. The first kappa shape index (κ1) is 35.1. The van der Waals surface area contributed by atoms with Gasteiger partial charge in [-0.05, 0) is 50.0 Å². The van der Waals surface area contributed by atoms with Gasteiger partial charge in [-0.25, -0.2) is 4.79 Å². The van der Waals surface area contributed by atoms with Crippen LogP contribution in [0.3, 0.4) is 0 Å². The normalized spacial score (nSPS) is 52.3. The number of ether oxygens (including phenoxy) is 6. The lowest BCUT2D eigenvalue weighted by molar-refractivity contribution is -0.254. The highest BCUT2D eigenvalue weighted by Gasteiger charge is 2.83. The largest absolute Gasteiger partial charge is 0.462 e. The summed E-state index contributed by atoms with van der Waals surface area (Å²) in [4.78, 5) is 79.4. The van der Waals surface area contributed by atoms with Crippen LogP contribution < -0.4 is 0 Å². The lowest BCUT2D eigenvalue weighted by Gasteiger charge is -2.65. The average Bonchev–Trinajstić information content (AvgIpc) is 3.68. The molecule has 18 atom stereocenters. The van der Waals surface area contributed by atoms with Crippen LogP contribution in [0, 0.1) is 63.6 Å². The van der Waals surface area contributed by atoms with Crippen LogP contribution in [0.5, 0.6) is 0 Å². The number of epoxide rings is 1. The predicted molar refractivity (Wildman–Crippen MR) is 169 cm³/mol. The van der Waals surface area contributed by atoms with Gasteiger partial charge in [0.1, 0.15) is 24.1 Å². The van der Waals surface area contributed by atoms with E-state index < -0.39 is 124 Å². The van der Waals surface area contributed by atoms with Crippen LogP contribution in [0.25, 0.3) is 0 Å². The van der Waals surface area contributed by atoms with E-state index in [1.54, 1.807) is 6.92 Å². The number of carbonyl (C=O) groups excluding carboxylic acids is 6. The second kappa shape index (κ2) is 10.8. The van der Waals surface area contributed by atoms with E-state index in [4.69, 9.17) is 28.4 Å². The summed E-state index contributed by atoms with van der Waals surface area (Å²) in [5.74, 6) is -8.43. The zero-order chi connectivity index (χ0) is 36.8. The minimum atomic E-state index is -1.82. The molecular weight excluding hydrogens is 652 g/mol. The van der Waals surface area contributed by atoms with Gasteiger partial charge in [-0.15, -0.1) is 0 Å². The van der Waals surface area contributed by atoms with E-state index in [0.29, 0.717) is 6.42 Å². The van der Waals surface area contributed by atoms with Crippen molar-refractivity contribution in [2.75, 3.05) is 0 Å². The third-order valence-corrected chi connectivity index (χ3v) is 14.5. The van der Waals surface area contributed by atoms with Gasteiger partial charge in [-0.3, -0.25) is 24.0 Å². The maximum atomic E-state index is 14.8. The molecule has 1 N–H and O–H groups in total. The number of ketones is 1. The molecule has 50 heavy (non-hydrogen) atoms. The highest BCUT2D eigenvalue weighted by atomic mass is 16.6. The van der Waals surface area contributed by atoms with Crippen molar-refractivity contribution in [3.05, 3.63) is 11.8 Å². The van der Waals surface area contributed by atoms with Crippen LogP contribution in [0.4, 0.5) is 0 Å². The topological polar surface area (TPSA) is 181 Å². The number of Topliss-reactive ketones (excluding diaryl/α,β-unsaturated/α-hetero) is 1. The first-order valence-electron chi connectivity index (χ1n) is 17.7. The van der Waals surface area contributed by atoms with Crippen LogP contribution in [-0.2, 0) is 57.2 Å². The highest BCUT2D eigenvalue weighted by Crippen LogP contribution is 2.76. The van der Waals surface area contributed by atoms with Crippen molar-refractivity contribution in [2.24, 2.45) is 63.6 Å². The van der Waals surface area contributed by atoms with Crippen LogP contribution in [0.2, 0.25) is 0 Å². The quantitative estimate of drug-likeness (QED) is 0.257. The van der Waals surface area contributed by atoms with Crippen molar-refractivity contribution < 1.29 is 62.3 Å². The van der Waals surface area contributed by atoms with Gasteiger partial charge in [-0.2, -0.15) is 0 Å². The molecule has 0 amide bonds. The molecule has 6 fully saturated rings. The summed E-state index contributed by atoms with van der Waals surface area (Å²) in [6.45, 7) is 16.1. The molecule has 0 bridgehead atoms. The van der Waals surface area contributed by atoms with Crippen LogP contribution in [0.15, 0.2) is 11.8 Å². The van der Waals surface area contributed by atoms with Gasteiger partial charge in [0.2, 0.25) is 5.60 Å². The fourth-order valence-electron chi connectivity index (χ4n) is 12.9. The average molecular weight is 701 g/mol. The van der Waals surface area contributed by atoms with Crippen molar-refractivity contribution in [2.45, 2.75) is 118 Å². The van der Waals surface area contributed by atoms with Crippen molar-refractivity contribution in [3.8, 4) is 0 Å². The molecule has 2 heterocycles. The Morgan fingerprint density at radius 1 is 0.800 bits per heavy atom. The zero-order valence-corrected chi connectivity index (χ0v) is 30.2. The van der Waals surface area contributed by atoms with Crippen molar-refractivity contribution in [1.82, 2.24) is 0 Å². The van der Waals surface area contributed by atoms with Gasteiger partial charge < -0.3 is 33.5 Å². The van der Waals surface area contributed by atoms with E-state index in [-0.39, 0.29) is 23.6 Å². The fraction of sp³-hybridized carbons (Fsp3) is 0.784. The Morgan fingerprint density at radius 2 is 1.40 bits per heavy atom. The lowest BCUT2D eigenvalue weighted by Crippen LogP contribution is -2.72. The number of hydrogen-bond donors (Lipinski definition) is 1. The number of aliphatic hydroxyl groups excluding tert-OH is 1. The van der Waals surface area contributed by atoms with Crippen molar-refractivity contribution >= 4 is 35.6 Å². The van der Waals surface area contributed by atoms with Gasteiger partial charge in [-0.1, -0.05) is 27.7 Å². The van der Waals surface area contributed by atoms with E-state index >= 15 is 0 Å². The van der Waals surface area contributed by atoms with Crippen molar-refractivity contribution in [3.63, 3.8) is 0 Å². The van der Waals surface area contributed by atoms with Gasteiger partial charge >= 0.3 is 29.8 Å². The maximum Gasteiger partial charge on any atom is 0.356 e. The van der Waals surface area contributed by atoms with Crippen molar-refractivity contribution in [1.29, 1.82) is 0 Å². The molecule has 5 aliphatic carbocycles. The molecule has 0 radical (unpaired) electrons. The molecule has 0 spiro atoms. The highest BCUT2D eigenvalue weighted by molar-refractivity contribution is 5.90. The Bertz CT molecular complexity index is 1620. The number of hydrogen-bond acceptors (Lipinski definition) is 13. The predicted octanol–water partition coefficient (Wildman–Crippen LogP) is 2.69. The van der Waals surface area contributed by atoms with E-state index in [0.717, 1.165) is 0 Å². The number of aliphatic hydroxyl groups is 1. The summed E-state index contributed by atoms with van der Waals surface area (Å²) in [5, 5.41) is 13.0. The summed E-state index contributed by atoms with van der Waals surface area (Å²) in [7, 11) is 0. The first-order chi connectivity index (χ1) is 23.2. The number of carbonyl (C=O) groups is 6. The molecule has 13 heteroatoms. The fourth-order valence-corrected chi connectivity index (χ4v) is 12.9. The summed E-state index contributed by atoms with van der Waals surface area (Å²) in [6.07, 6.45) is -2.84. The smallest absolute Gasteiger partial charge is 0.356 e. The molecule has 0 aromatic heterocycles. The minimum Gasteiger partial charge on any atom is -0.462 e. The molecule has 2 aliphatic heterocycles. The Morgan fingerprint density at radius 3 is 1.98 bits per heavy atom. The number of rotatable bonds is 4. The Hall–Kier alpha value is -3.32. The van der Waals surface area contributed by atoms with E-state index in [2.05, 4.69) is 0 Å². The van der Waals surface area contributed by atoms with E-state index in [9.17, 15) is 33.9 Å². The maximum absolute atomic E-state index is 14.8. The Balaban J connectivity index is 1.48. The lowest BCUT2D eigenvalue weighted by atomic mass is 9.39. The Kier molecular flexibility index (Phi) is 7.62. The first-order valence-corrected chi connectivity index (χ1v) is 17.7. The molecule has 7 rings (SSSR count). The molecule has 0 aromatic carbocycles. The molecule has 7 aliphatic rings. The number of esters is 5. The molecule has 0 aromatic rings. The monoisotopic (exact) mass is 700 g/mol. The molecule has 13 nitrogen and oxygen atoms in total. The standard InChI is InChI=1S/C37H48O13/c1-13-11-21-36(9,37(10,33(44)49-21)50-18(6)41)26-23(13)35(8)25(28(26)43)22-24(14(2)31(35)46-16(4)39)34(7)19(27(42)30(22)45-15(3)38)12-20-29(48-20)32(34)47-17(5)40/h11,13-14,19-20,22-26,28-32,43H,12H2,1-10H3/t13-,14+,19-,20+,22-,23+,24+,25-,26+,28-,29+,30-,31+,32+,34+,35-,36+,37-/m1/s1. The number of fused-ring (bicyclic) bond motifs is 10. The Labute approximate surface area is 291 Å². The summed E-state index contributed by atoms with van der Waals surface area (Å²) in [5.41, 5.74) is -5.33. The van der Waals surface area contributed by atoms with E-state index in [1.807, 2.05) is 33.8 Å². The zero-order valence-electron chi connectivity index (χ0n) is 30.2. The summed E-state index contributed by atoms with van der Waals surface area (Å²) < 4.78 is 35.9. The summed E-state index contributed by atoms with van der Waals surface area (Å²) >= 11 is 0. The van der Waals surface area contributed by atoms with Gasteiger partial charge in [0.25, 0.3) is 0 Å². The third kappa shape index (κ3) is 4.19. The minimum absolute atomic E-state index is 0.275. The van der Waals surface area contributed by atoms with Gasteiger partial charge in [0.05, 0.1) is 17.6 Å². The molecule has 2 saturated heterocycles. The van der Waals surface area contributed by atoms with Gasteiger partial charge in [0.15, 0.2) is 11.9 Å². The number of allylic oxidation sites excluding steroid dienone is 1.